The van der Waals surface area contributed by atoms with Crippen LogP contribution in [0, 0.1) is 0 Å². The first-order valence-electron chi connectivity index (χ1n) is 9.63. The summed E-state index contributed by atoms with van der Waals surface area (Å²) in [5, 5.41) is 6.57. The lowest BCUT2D eigenvalue weighted by molar-refractivity contribution is 0.0955. The van der Waals surface area contributed by atoms with E-state index in [1.54, 1.807) is 11.3 Å². The summed E-state index contributed by atoms with van der Waals surface area (Å²) in [6.45, 7) is 0.517. The normalized spacial score (nSPS) is 11.0. The maximum atomic E-state index is 13.2. The Labute approximate surface area is 173 Å². The van der Waals surface area contributed by atoms with Crippen molar-refractivity contribution in [3.8, 4) is 11.1 Å². The Morgan fingerprint density at radius 2 is 1.41 bits per heavy atom. The molecule has 0 atom stereocenters. The molecule has 0 aliphatic carbocycles. The molecule has 0 radical (unpaired) electrons. The van der Waals surface area contributed by atoms with Crippen molar-refractivity contribution in [2.24, 2.45) is 0 Å². The number of hydrogen-bond acceptors (Lipinski definition) is 2. The summed E-state index contributed by atoms with van der Waals surface area (Å²) in [7, 11) is 0. The lowest BCUT2D eigenvalue weighted by Crippen LogP contribution is -2.22. The summed E-state index contributed by atoms with van der Waals surface area (Å²) < 4.78 is 1.13. The van der Waals surface area contributed by atoms with Crippen LogP contribution < -0.4 is 5.32 Å². The minimum Gasteiger partial charge on any atom is -0.347 e. The number of nitrogens with one attached hydrogen (secondary N) is 1. The average molecular weight is 394 g/mol. The number of carbonyl (C=O) groups is 1. The molecule has 0 spiro atoms. The van der Waals surface area contributed by atoms with Crippen LogP contribution in [0.25, 0.3) is 32.0 Å². The first-order chi connectivity index (χ1) is 14.3. The topological polar surface area (TPSA) is 29.1 Å². The molecule has 5 rings (SSSR count). The van der Waals surface area contributed by atoms with Gasteiger partial charge < -0.3 is 5.32 Å². The molecule has 1 heterocycles. The molecule has 4 aromatic carbocycles. The van der Waals surface area contributed by atoms with Gasteiger partial charge in [-0.25, -0.2) is 0 Å². The van der Waals surface area contributed by atoms with Gasteiger partial charge in [0.15, 0.2) is 0 Å². The van der Waals surface area contributed by atoms with Gasteiger partial charge >= 0.3 is 0 Å². The Bertz CT molecular complexity index is 1320. The zero-order valence-electron chi connectivity index (χ0n) is 15.8. The first-order valence-corrected chi connectivity index (χ1v) is 10.4. The molecule has 0 aliphatic heterocycles. The second-order valence-electron chi connectivity index (χ2n) is 7.00. The second kappa shape index (κ2) is 7.53. The molecule has 3 heteroatoms. The predicted molar refractivity (Wildman–Crippen MR) is 122 cm³/mol. The van der Waals surface area contributed by atoms with Gasteiger partial charge in [0.1, 0.15) is 4.88 Å². The molecule has 5 aromatic rings. The number of fused-ring (bicyclic) bond motifs is 2. The molecule has 0 fully saturated rings. The van der Waals surface area contributed by atoms with Gasteiger partial charge in [-0.3, -0.25) is 4.79 Å². The van der Waals surface area contributed by atoms with Crippen LogP contribution in [0.2, 0.25) is 0 Å². The Balaban J connectivity index is 1.64. The van der Waals surface area contributed by atoms with Crippen LogP contribution >= 0.6 is 11.3 Å². The van der Waals surface area contributed by atoms with Crippen LogP contribution in [0.1, 0.15) is 15.2 Å². The number of rotatable bonds is 4. The smallest absolute Gasteiger partial charge is 0.262 e. The van der Waals surface area contributed by atoms with Gasteiger partial charge in [0, 0.05) is 22.2 Å². The summed E-state index contributed by atoms with van der Waals surface area (Å²) in [6, 6.07) is 32.9. The van der Waals surface area contributed by atoms with Gasteiger partial charge in [0.2, 0.25) is 0 Å². The van der Waals surface area contributed by atoms with Gasteiger partial charge in [-0.05, 0) is 28.0 Å². The molecule has 2 nitrogen and oxygen atoms in total. The third-order valence-electron chi connectivity index (χ3n) is 5.16. The Kier molecular flexibility index (Phi) is 4.59. The van der Waals surface area contributed by atoms with Crippen molar-refractivity contribution in [2.75, 3.05) is 0 Å². The van der Waals surface area contributed by atoms with Crippen LogP contribution in [0.4, 0.5) is 0 Å². The van der Waals surface area contributed by atoms with E-state index in [9.17, 15) is 4.79 Å². The minimum atomic E-state index is -0.0296. The summed E-state index contributed by atoms with van der Waals surface area (Å²) in [4.78, 5) is 14.0. The second-order valence-corrected chi connectivity index (χ2v) is 8.05. The van der Waals surface area contributed by atoms with Crippen LogP contribution in [0.3, 0.4) is 0 Å². The Hall–Kier alpha value is -3.43. The molecule has 0 saturated heterocycles. The molecule has 0 aliphatic rings. The lowest BCUT2D eigenvalue weighted by Gasteiger charge is -2.10. The maximum absolute atomic E-state index is 13.2. The highest BCUT2D eigenvalue weighted by Crippen LogP contribution is 2.41. The zero-order chi connectivity index (χ0) is 19.6. The van der Waals surface area contributed by atoms with Crippen molar-refractivity contribution in [1.82, 2.24) is 5.32 Å². The monoisotopic (exact) mass is 393 g/mol. The van der Waals surface area contributed by atoms with Crippen LogP contribution in [0.5, 0.6) is 0 Å². The summed E-state index contributed by atoms with van der Waals surface area (Å²) in [5.74, 6) is -0.0296. The van der Waals surface area contributed by atoms with E-state index in [-0.39, 0.29) is 5.91 Å². The highest BCUT2D eigenvalue weighted by atomic mass is 32.1. The Morgan fingerprint density at radius 3 is 2.28 bits per heavy atom. The molecular formula is C26H19NOS. The van der Waals surface area contributed by atoms with E-state index >= 15 is 0 Å². The number of benzene rings is 4. The third-order valence-corrected chi connectivity index (χ3v) is 6.33. The van der Waals surface area contributed by atoms with E-state index in [1.165, 1.54) is 5.39 Å². The quantitative estimate of drug-likeness (QED) is 0.364. The van der Waals surface area contributed by atoms with Gasteiger partial charge in [-0.1, -0.05) is 91.0 Å². The van der Waals surface area contributed by atoms with E-state index < -0.39 is 0 Å². The highest BCUT2D eigenvalue weighted by Gasteiger charge is 2.20. The maximum Gasteiger partial charge on any atom is 0.262 e. The fraction of sp³-hybridized carbons (Fsp3) is 0.0385. The first kappa shape index (κ1) is 17.7. The molecule has 1 aromatic heterocycles. The van der Waals surface area contributed by atoms with Crippen LogP contribution in [-0.2, 0) is 6.54 Å². The van der Waals surface area contributed by atoms with Gasteiger partial charge in [0.05, 0.1) is 0 Å². The van der Waals surface area contributed by atoms with E-state index in [0.29, 0.717) is 6.54 Å². The van der Waals surface area contributed by atoms with E-state index in [2.05, 4.69) is 53.8 Å². The van der Waals surface area contributed by atoms with Crippen LogP contribution in [0.15, 0.2) is 97.1 Å². The highest BCUT2D eigenvalue weighted by molar-refractivity contribution is 7.21. The standard InChI is InChI=1S/C26H19NOS/c28-26(27-17-18-9-2-1-3-10-18)25-24(22-14-6-7-16-23(22)29-25)21-15-8-12-19-11-4-5-13-20(19)21/h1-16H,17H2,(H,27,28). The summed E-state index contributed by atoms with van der Waals surface area (Å²) >= 11 is 1.56. The molecule has 29 heavy (non-hydrogen) atoms. The average Bonchev–Trinajstić information content (AvgIpc) is 3.17. The molecule has 1 amide bonds. The SMILES string of the molecule is O=C(NCc1ccccc1)c1sc2ccccc2c1-c1cccc2ccccc12. The number of hydrogen-bond donors (Lipinski definition) is 1. The Morgan fingerprint density at radius 1 is 0.724 bits per heavy atom. The van der Waals surface area contributed by atoms with E-state index in [1.807, 2.05) is 48.5 Å². The van der Waals surface area contributed by atoms with Crippen molar-refractivity contribution >= 4 is 38.1 Å². The van der Waals surface area contributed by atoms with Crippen molar-refractivity contribution in [3.63, 3.8) is 0 Å². The largest absolute Gasteiger partial charge is 0.347 e. The summed E-state index contributed by atoms with van der Waals surface area (Å²) in [5.41, 5.74) is 3.21. The molecular weight excluding hydrogens is 374 g/mol. The molecule has 0 saturated carbocycles. The summed E-state index contributed by atoms with van der Waals surface area (Å²) in [6.07, 6.45) is 0. The molecule has 0 bridgehead atoms. The predicted octanol–water partition coefficient (Wildman–Crippen LogP) is 6.65. The van der Waals surface area contributed by atoms with E-state index in [0.717, 1.165) is 37.0 Å². The third kappa shape index (κ3) is 3.30. The zero-order valence-corrected chi connectivity index (χ0v) is 16.6. The van der Waals surface area contributed by atoms with Crippen molar-refractivity contribution in [1.29, 1.82) is 0 Å². The fourth-order valence-corrected chi connectivity index (χ4v) is 4.91. The number of thiophene rings is 1. The van der Waals surface area contributed by atoms with Crippen molar-refractivity contribution in [2.45, 2.75) is 6.54 Å². The minimum absolute atomic E-state index is 0.0296. The van der Waals surface area contributed by atoms with Gasteiger partial charge in [-0.2, -0.15) is 0 Å². The fourth-order valence-electron chi connectivity index (χ4n) is 3.77. The van der Waals surface area contributed by atoms with Crippen molar-refractivity contribution in [3.05, 3.63) is 108 Å². The molecule has 0 unspecified atom stereocenters. The molecule has 140 valence electrons. The number of amides is 1. The van der Waals surface area contributed by atoms with Gasteiger partial charge in [0.25, 0.3) is 5.91 Å². The van der Waals surface area contributed by atoms with Gasteiger partial charge in [-0.15, -0.1) is 11.3 Å². The lowest BCUT2D eigenvalue weighted by atomic mass is 9.96. The number of carbonyl (C=O) groups excluding carboxylic acids is 1. The van der Waals surface area contributed by atoms with Crippen molar-refractivity contribution < 1.29 is 4.79 Å². The van der Waals surface area contributed by atoms with E-state index in [4.69, 9.17) is 0 Å². The van der Waals surface area contributed by atoms with Crippen LogP contribution in [-0.4, -0.2) is 5.91 Å². The molecule has 1 N–H and O–H groups in total.